The average molecular weight is 364 g/mol. The van der Waals surface area contributed by atoms with Gasteiger partial charge in [0.05, 0.1) is 10.6 Å². The van der Waals surface area contributed by atoms with Gasteiger partial charge in [-0.1, -0.05) is 11.6 Å². The highest BCUT2D eigenvalue weighted by Gasteiger charge is 2.34. The van der Waals surface area contributed by atoms with E-state index in [9.17, 15) is 27.6 Å². The number of anilines is 1. The summed E-state index contributed by atoms with van der Waals surface area (Å²) in [4.78, 5) is 37.2. The van der Waals surface area contributed by atoms with Crippen molar-refractivity contribution in [3.05, 3.63) is 28.8 Å². The van der Waals surface area contributed by atoms with E-state index in [-0.39, 0.29) is 18.8 Å². The van der Waals surface area contributed by atoms with Crippen LogP contribution in [-0.4, -0.2) is 54.2 Å². The Hall–Kier alpha value is -2.29. The zero-order chi connectivity index (χ0) is 17.9. The molecule has 10 heteroatoms. The molecule has 0 aliphatic carbocycles. The molecule has 6 nitrogen and oxygen atoms in total. The van der Waals surface area contributed by atoms with Crippen molar-refractivity contribution in [2.45, 2.75) is 6.18 Å². The molecule has 1 heterocycles. The van der Waals surface area contributed by atoms with Gasteiger partial charge >= 0.3 is 18.0 Å². The van der Waals surface area contributed by atoms with Gasteiger partial charge in [0.1, 0.15) is 0 Å². The highest BCUT2D eigenvalue weighted by atomic mass is 35.5. The maximum atomic E-state index is 12.8. The second-order valence-corrected chi connectivity index (χ2v) is 5.49. The number of nitrogens with one attached hydrogen (secondary N) is 1. The van der Waals surface area contributed by atoms with E-state index in [2.05, 4.69) is 5.32 Å². The molecule has 1 aliphatic rings. The lowest BCUT2D eigenvalue weighted by Crippen LogP contribution is -2.51. The lowest BCUT2D eigenvalue weighted by molar-refractivity contribution is -0.144. The molecule has 1 saturated heterocycles. The van der Waals surface area contributed by atoms with Crippen molar-refractivity contribution >= 4 is 35.5 Å². The quantitative estimate of drug-likeness (QED) is 0.641. The van der Waals surface area contributed by atoms with Crippen LogP contribution in [0.5, 0.6) is 0 Å². The van der Waals surface area contributed by atoms with Crippen molar-refractivity contribution in [3.63, 3.8) is 0 Å². The summed E-state index contributed by atoms with van der Waals surface area (Å²) in [5.74, 6) is -1.92. The van der Waals surface area contributed by atoms with E-state index < -0.39 is 28.6 Å². The first-order chi connectivity index (χ1) is 11.2. The van der Waals surface area contributed by atoms with E-state index in [4.69, 9.17) is 11.6 Å². The smallest absolute Gasteiger partial charge is 0.342 e. The van der Waals surface area contributed by atoms with Gasteiger partial charge in [-0.2, -0.15) is 13.2 Å². The molecule has 2 rings (SSSR count). The van der Waals surface area contributed by atoms with Crippen LogP contribution in [0.15, 0.2) is 18.2 Å². The number of amides is 3. The van der Waals surface area contributed by atoms with E-state index in [1.54, 1.807) is 0 Å². The lowest BCUT2D eigenvalue weighted by Gasteiger charge is -2.32. The van der Waals surface area contributed by atoms with Gasteiger partial charge in [-0.05, 0) is 18.2 Å². The highest BCUT2D eigenvalue weighted by Crippen LogP contribution is 2.36. The molecule has 24 heavy (non-hydrogen) atoms. The molecule has 1 aromatic carbocycles. The Morgan fingerprint density at radius 2 is 1.79 bits per heavy atom. The molecule has 3 amide bonds. The summed E-state index contributed by atoms with van der Waals surface area (Å²) in [6, 6.07) is 2.83. The van der Waals surface area contributed by atoms with E-state index in [0.29, 0.717) is 25.6 Å². The van der Waals surface area contributed by atoms with E-state index in [1.165, 1.54) is 15.9 Å². The molecule has 0 unspecified atom stereocenters. The van der Waals surface area contributed by atoms with Crippen LogP contribution in [0.2, 0.25) is 5.02 Å². The monoisotopic (exact) mass is 363 g/mol. The van der Waals surface area contributed by atoms with E-state index in [0.717, 1.165) is 6.07 Å². The third-order valence-electron chi connectivity index (χ3n) is 3.47. The molecule has 1 aromatic rings. The normalized spacial score (nSPS) is 15.2. The Balaban J connectivity index is 2.04. The predicted molar refractivity (Wildman–Crippen MR) is 79.3 cm³/mol. The standard InChI is InChI=1S/C14H13ClF3N3O3/c15-11-2-1-9(7-10(11)14(16,17)18)19-12(23)13(24)21-5-3-20(8-22)4-6-21/h1-2,7-8H,3-6H2,(H,19,23). The Kier molecular flexibility index (Phi) is 5.33. The van der Waals surface area contributed by atoms with Gasteiger partial charge in [0, 0.05) is 31.9 Å². The minimum Gasteiger partial charge on any atom is -0.342 e. The number of hydrogen-bond donors (Lipinski definition) is 1. The average Bonchev–Trinajstić information content (AvgIpc) is 2.55. The van der Waals surface area contributed by atoms with Crippen LogP contribution in [0.25, 0.3) is 0 Å². The lowest BCUT2D eigenvalue weighted by atomic mass is 10.2. The van der Waals surface area contributed by atoms with Gasteiger partial charge in [-0.15, -0.1) is 0 Å². The van der Waals surface area contributed by atoms with Gasteiger partial charge < -0.3 is 15.1 Å². The maximum absolute atomic E-state index is 12.8. The van der Waals surface area contributed by atoms with Crippen LogP contribution < -0.4 is 5.32 Å². The SMILES string of the molecule is O=CN1CCN(C(=O)C(=O)Nc2ccc(Cl)c(C(F)(F)F)c2)CC1. The molecular formula is C14H13ClF3N3O3. The number of benzene rings is 1. The minimum absolute atomic E-state index is 0.180. The fourth-order valence-corrected chi connectivity index (χ4v) is 2.40. The third-order valence-corrected chi connectivity index (χ3v) is 3.80. The first kappa shape index (κ1) is 18.1. The van der Waals surface area contributed by atoms with Gasteiger partial charge in [-0.25, -0.2) is 0 Å². The van der Waals surface area contributed by atoms with Crippen molar-refractivity contribution in [1.82, 2.24) is 9.80 Å². The van der Waals surface area contributed by atoms with Gasteiger partial charge in [-0.3, -0.25) is 14.4 Å². The Bertz CT molecular complexity index is 658. The molecule has 0 saturated carbocycles. The van der Waals surface area contributed by atoms with Crippen LogP contribution in [0, 0.1) is 0 Å². The van der Waals surface area contributed by atoms with Crippen molar-refractivity contribution < 1.29 is 27.6 Å². The van der Waals surface area contributed by atoms with Crippen LogP contribution in [0.1, 0.15) is 5.56 Å². The number of piperazine rings is 1. The van der Waals surface area contributed by atoms with Crippen molar-refractivity contribution in [2.24, 2.45) is 0 Å². The number of halogens is 4. The maximum Gasteiger partial charge on any atom is 0.417 e. The second-order valence-electron chi connectivity index (χ2n) is 5.08. The summed E-state index contributed by atoms with van der Waals surface area (Å²) < 4.78 is 38.3. The molecule has 0 spiro atoms. The summed E-state index contributed by atoms with van der Waals surface area (Å²) in [6.07, 6.45) is -4.03. The minimum atomic E-state index is -4.67. The predicted octanol–water partition coefficient (Wildman–Crippen LogP) is 1.60. The number of rotatable bonds is 2. The second kappa shape index (κ2) is 7.08. The molecule has 0 bridgehead atoms. The van der Waals surface area contributed by atoms with E-state index in [1.807, 2.05) is 0 Å². The van der Waals surface area contributed by atoms with Crippen molar-refractivity contribution in [1.29, 1.82) is 0 Å². The highest BCUT2D eigenvalue weighted by molar-refractivity contribution is 6.39. The number of hydrogen-bond acceptors (Lipinski definition) is 3. The summed E-state index contributed by atoms with van der Waals surface area (Å²) >= 11 is 5.49. The van der Waals surface area contributed by atoms with Crippen LogP contribution in [0.4, 0.5) is 18.9 Å². The first-order valence-corrected chi connectivity index (χ1v) is 7.26. The molecule has 1 fully saturated rings. The third kappa shape index (κ3) is 4.16. The zero-order valence-electron chi connectivity index (χ0n) is 12.3. The fourth-order valence-electron chi connectivity index (χ4n) is 2.18. The summed E-state index contributed by atoms with van der Waals surface area (Å²) in [5, 5.41) is 1.63. The van der Waals surface area contributed by atoms with Gasteiger partial charge in [0.15, 0.2) is 0 Å². The molecule has 0 atom stereocenters. The first-order valence-electron chi connectivity index (χ1n) is 6.88. The summed E-state index contributed by atoms with van der Waals surface area (Å²) in [6.45, 7) is 0.947. The molecular weight excluding hydrogens is 351 g/mol. The topological polar surface area (TPSA) is 69.7 Å². The molecule has 0 aromatic heterocycles. The largest absolute Gasteiger partial charge is 0.417 e. The number of alkyl halides is 3. The Labute approximate surface area is 140 Å². The molecule has 0 radical (unpaired) electrons. The zero-order valence-corrected chi connectivity index (χ0v) is 13.0. The number of nitrogens with zero attached hydrogens (tertiary/aromatic N) is 2. The fraction of sp³-hybridized carbons (Fsp3) is 0.357. The Morgan fingerprint density at radius 1 is 1.17 bits per heavy atom. The molecule has 1 N–H and O–H groups in total. The van der Waals surface area contributed by atoms with Gasteiger partial charge in [0.25, 0.3) is 0 Å². The van der Waals surface area contributed by atoms with Gasteiger partial charge in [0.2, 0.25) is 6.41 Å². The Morgan fingerprint density at radius 3 is 2.33 bits per heavy atom. The number of carbonyl (C=O) groups excluding carboxylic acids is 3. The van der Waals surface area contributed by atoms with Crippen molar-refractivity contribution in [3.8, 4) is 0 Å². The van der Waals surface area contributed by atoms with Crippen LogP contribution >= 0.6 is 11.6 Å². The summed E-state index contributed by atoms with van der Waals surface area (Å²) in [5.41, 5.74) is -1.29. The molecule has 1 aliphatic heterocycles. The summed E-state index contributed by atoms with van der Waals surface area (Å²) in [7, 11) is 0. The number of carbonyl (C=O) groups is 3. The van der Waals surface area contributed by atoms with Crippen LogP contribution in [-0.2, 0) is 20.6 Å². The van der Waals surface area contributed by atoms with E-state index >= 15 is 0 Å². The van der Waals surface area contributed by atoms with Crippen LogP contribution in [0.3, 0.4) is 0 Å². The molecule has 130 valence electrons. The van der Waals surface area contributed by atoms with Crippen molar-refractivity contribution in [2.75, 3.05) is 31.5 Å².